The molecule has 110 valence electrons. The third-order valence-electron chi connectivity index (χ3n) is 2.47. The fourth-order valence-electron chi connectivity index (χ4n) is 1.58. The average molecular weight is 360 g/mol. The molecular weight excluding hydrogens is 351 g/mol. The fourth-order valence-corrected chi connectivity index (χ4v) is 1.93. The van der Waals surface area contributed by atoms with Crippen LogP contribution < -0.4 is 10.6 Å². The van der Waals surface area contributed by atoms with Gasteiger partial charge < -0.3 is 5.32 Å². The van der Waals surface area contributed by atoms with Gasteiger partial charge in [0.05, 0.1) is 15.7 Å². The number of nitrogens with one attached hydrogen (secondary N) is 2. The maximum atomic E-state index is 12.8. The van der Waals surface area contributed by atoms with E-state index in [-0.39, 0.29) is 11.5 Å². The zero-order valence-electron chi connectivity index (χ0n) is 10.4. The molecule has 1 aromatic heterocycles. The highest BCUT2D eigenvalue weighted by Crippen LogP contribution is 2.34. The van der Waals surface area contributed by atoms with E-state index < -0.39 is 17.8 Å². The van der Waals surface area contributed by atoms with Crippen LogP contribution in [0.1, 0.15) is 5.56 Å². The molecule has 0 unspecified atom stereocenters. The molecule has 1 heterocycles. The number of rotatable bonds is 2. The minimum absolute atomic E-state index is 0.208. The normalized spacial score (nSPS) is 11.0. The number of amides is 2. The number of para-hydroxylation sites is 1. The van der Waals surface area contributed by atoms with Gasteiger partial charge in [-0.25, -0.2) is 9.78 Å². The number of hydrogen-bond donors (Lipinski definition) is 2. The highest BCUT2D eigenvalue weighted by molar-refractivity contribution is 9.10. The van der Waals surface area contributed by atoms with Crippen molar-refractivity contribution in [3.8, 4) is 0 Å². The monoisotopic (exact) mass is 359 g/mol. The highest BCUT2D eigenvalue weighted by atomic mass is 79.9. The molecule has 0 radical (unpaired) electrons. The topological polar surface area (TPSA) is 54.0 Å². The summed E-state index contributed by atoms with van der Waals surface area (Å²) < 4.78 is 38.9. The van der Waals surface area contributed by atoms with E-state index in [0.717, 1.165) is 6.07 Å². The van der Waals surface area contributed by atoms with Crippen LogP contribution in [0.25, 0.3) is 0 Å². The Labute approximate surface area is 126 Å². The molecule has 2 aromatic rings. The van der Waals surface area contributed by atoms with Gasteiger partial charge in [-0.15, -0.1) is 0 Å². The molecule has 0 aliphatic carbocycles. The summed E-state index contributed by atoms with van der Waals surface area (Å²) in [5.74, 6) is 0.208. The molecule has 8 heteroatoms. The molecule has 0 aliphatic rings. The second-order valence-electron chi connectivity index (χ2n) is 3.96. The molecule has 2 N–H and O–H groups in total. The first-order valence-electron chi connectivity index (χ1n) is 5.72. The molecule has 0 atom stereocenters. The highest BCUT2D eigenvalue weighted by Gasteiger charge is 2.33. The number of benzene rings is 1. The minimum atomic E-state index is -4.55. The Hall–Kier alpha value is -2.09. The second kappa shape index (κ2) is 6.13. The largest absolute Gasteiger partial charge is 0.418 e. The zero-order valence-corrected chi connectivity index (χ0v) is 12.0. The van der Waals surface area contributed by atoms with Crippen LogP contribution in [-0.2, 0) is 6.18 Å². The first kappa shape index (κ1) is 15.3. The summed E-state index contributed by atoms with van der Waals surface area (Å²) >= 11 is 3.17. The van der Waals surface area contributed by atoms with E-state index in [0.29, 0.717) is 4.47 Å². The lowest BCUT2D eigenvalue weighted by atomic mass is 10.1. The molecule has 0 saturated carbocycles. The number of alkyl halides is 3. The summed E-state index contributed by atoms with van der Waals surface area (Å²) in [7, 11) is 0. The number of urea groups is 1. The molecule has 1 aromatic carbocycles. The number of hydrogen-bond acceptors (Lipinski definition) is 2. The van der Waals surface area contributed by atoms with E-state index in [2.05, 4.69) is 31.5 Å². The van der Waals surface area contributed by atoms with Gasteiger partial charge in [-0.05, 0) is 40.2 Å². The van der Waals surface area contributed by atoms with Crippen molar-refractivity contribution in [1.29, 1.82) is 0 Å². The van der Waals surface area contributed by atoms with Crippen molar-refractivity contribution in [1.82, 2.24) is 4.98 Å². The second-order valence-corrected chi connectivity index (χ2v) is 4.81. The Morgan fingerprint density at radius 3 is 2.48 bits per heavy atom. The summed E-state index contributed by atoms with van der Waals surface area (Å²) in [6.07, 6.45) is -3.10. The number of nitrogens with zero attached hydrogens (tertiary/aromatic N) is 1. The van der Waals surface area contributed by atoms with E-state index in [9.17, 15) is 18.0 Å². The summed E-state index contributed by atoms with van der Waals surface area (Å²) in [6.45, 7) is 0. The van der Waals surface area contributed by atoms with Crippen LogP contribution in [-0.4, -0.2) is 11.0 Å². The maximum absolute atomic E-state index is 12.8. The number of anilines is 2. The van der Waals surface area contributed by atoms with Crippen molar-refractivity contribution < 1.29 is 18.0 Å². The molecule has 0 fully saturated rings. The first-order valence-corrected chi connectivity index (χ1v) is 6.52. The lowest BCUT2D eigenvalue weighted by Crippen LogP contribution is -2.22. The predicted octanol–water partition coefficient (Wildman–Crippen LogP) is 4.51. The van der Waals surface area contributed by atoms with Crippen LogP contribution in [0.4, 0.5) is 29.5 Å². The molecule has 2 amide bonds. The lowest BCUT2D eigenvalue weighted by Gasteiger charge is -2.14. The van der Waals surface area contributed by atoms with Crippen LogP contribution >= 0.6 is 15.9 Å². The quantitative estimate of drug-likeness (QED) is 0.828. The van der Waals surface area contributed by atoms with E-state index >= 15 is 0 Å². The van der Waals surface area contributed by atoms with Gasteiger partial charge in [0.2, 0.25) is 0 Å². The van der Waals surface area contributed by atoms with E-state index in [4.69, 9.17) is 0 Å². The van der Waals surface area contributed by atoms with Gasteiger partial charge in [0.1, 0.15) is 5.82 Å². The van der Waals surface area contributed by atoms with Crippen LogP contribution in [0.5, 0.6) is 0 Å². The van der Waals surface area contributed by atoms with Crippen molar-refractivity contribution in [2.75, 3.05) is 10.6 Å². The Balaban J connectivity index is 2.16. The van der Waals surface area contributed by atoms with Gasteiger partial charge in [-0.1, -0.05) is 12.1 Å². The summed E-state index contributed by atoms with van der Waals surface area (Å²) in [5.41, 5.74) is -1.24. The van der Waals surface area contributed by atoms with Crippen molar-refractivity contribution in [3.63, 3.8) is 0 Å². The molecule has 0 spiro atoms. The molecular formula is C13H9BrF3N3O. The van der Waals surface area contributed by atoms with E-state index in [1.54, 1.807) is 12.1 Å². The van der Waals surface area contributed by atoms with Crippen LogP contribution in [0.15, 0.2) is 47.1 Å². The Bertz CT molecular complexity index is 661. The summed E-state index contributed by atoms with van der Waals surface area (Å²) in [6, 6.07) is 7.20. The van der Waals surface area contributed by atoms with E-state index in [1.807, 2.05) is 0 Å². The smallest absolute Gasteiger partial charge is 0.307 e. The zero-order chi connectivity index (χ0) is 15.5. The fraction of sp³-hybridized carbons (Fsp3) is 0.0769. The molecule has 0 bridgehead atoms. The van der Waals surface area contributed by atoms with Gasteiger partial charge in [0, 0.05) is 6.20 Å². The van der Waals surface area contributed by atoms with Crippen LogP contribution in [0, 0.1) is 0 Å². The van der Waals surface area contributed by atoms with Crippen molar-refractivity contribution >= 4 is 33.5 Å². The molecule has 2 rings (SSSR count). The standard InChI is InChI=1S/C13H9BrF3N3O/c14-9-5-3-7-18-11(9)20-12(21)19-10-6-2-1-4-8(10)13(15,16)17/h1-7H,(H2,18,19,20,21). The van der Waals surface area contributed by atoms with Gasteiger partial charge >= 0.3 is 12.2 Å². The minimum Gasteiger partial charge on any atom is -0.307 e. The maximum Gasteiger partial charge on any atom is 0.418 e. The average Bonchev–Trinajstić information content (AvgIpc) is 2.41. The number of halogens is 4. The molecule has 0 saturated heterocycles. The Morgan fingerprint density at radius 1 is 1.10 bits per heavy atom. The molecule has 0 aliphatic heterocycles. The SMILES string of the molecule is O=C(Nc1ccccc1C(F)(F)F)Nc1ncccc1Br. The lowest BCUT2D eigenvalue weighted by molar-refractivity contribution is -0.136. The number of carbonyl (C=O) groups is 1. The van der Waals surface area contributed by atoms with Gasteiger partial charge in [0.15, 0.2) is 0 Å². The number of carbonyl (C=O) groups excluding carboxylic acids is 1. The molecule has 21 heavy (non-hydrogen) atoms. The predicted molar refractivity (Wildman–Crippen MR) is 76.0 cm³/mol. The van der Waals surface area contributed by atoms with Gasteiger partial charge in [0.25, 0.3) is 0 Å². The van der Waals surface area contributed by atoms with Crippen LogP contribution in [0.3, 0.4) is 0 Å². The van der Waals surface area contributed by atoms with Gasteiger partial charge in [-0.2, -0.15) is 13.2 Å². The Morgan fingerprint density at radius 2 is 1.81 bits per heavy atom. The van der Waals surface area contributed by atoms with Crippen molar-refractivity contribution in [3.05, 3.63) is 52.6 Å². The van der Waals surface area contributed by atoms with Gasteiger partial charge in [-0.3, -0.25) is 5.32 Å². The number of aromatic nitrogens is 1. The third kappa shape index (κ3) is 3.94. The number of pyridine rings is 1. The Kier molecular flexibility index (Phi) is 4.46. The molecule has 4 nitrogen and oxygen atoms in total. The van der Waals surface area contributed by atoms with Crippen LogP contribution in [0.2, 0.25) is 0 Å². The summed E-state index contributed by atoms with van der Waals surface area (Å²) in [4.78, 5) is 15.7. The first-order chi connectivity index (χ1) is 9.88. The summed E-state index contributed by atoms with van der Waals surface area (Å²) in [5, 5.41) is 4.52. The van der Waals surface area contributed by atoms with E-state index in [1.165, 1.54) is 24.4 Å². The van der Waals surface area contributed by atoms with Crippen molar-refractivity contribution in [2.24, 2.45) is 0 Å². The third-order valence-corrected chi connectivity index (χ3v) is 3.11. The van der Waals surface area contributed by atoms with Crippen molar-refractivity contribution in [2.45, 2.75) is 6.18 Å².